The van der Waals surface area contributed by atoms with Gasteiger partial charge in [0, 0.05) is 23.9 Å². The third-order valence-corrected chi connectivity index (χ3v) is 4.52. The first-order chi connectivity index (χ1) is 11.1. The van der Waals surface area contributed by atoms with Gasteiger partial charge in [-0.25, -0.2) is 9.97 Å². The van der Waals surface area contributed by atoms with Crippen molar-refractivity contribution >= 4 is 0 Å². The van der Waals surface area contributed by atoms with E-state index >= 15 is 0 Å². The summed E-state index contributed by atoms with van der Waals surface area (Å²) < 4.78 is 11.1. The van der Waals surface area contributed by atoms with Crippen LogP contribution in [-0.2, 0) is 6.54 Å². The zero-order chi connectivity index (χ0) is 16.2. The minimum Gasteiger partial charge on any atom is -0.477 e. The number of nitrogens with zero attached hydrogens (tertiary/aromatic N) is 4. The van der Waals surface area contributed by atoms with E-state index < -0.39 is 0 Å². The highest BCUT2D eigenvalue weighted by atomic mass is 16.5. The third-order valence-electron chi connectivity index (χ3n) is 4.52. The summed E-state index contributed by atoms with van der Waals surface area (Å²) in [4.78, 5) is 10.7. The van der Waals surface area contributed by atoms with Crippen LogP contribution in [0.5, 0.6) is 5.88 Å². The molecule has 2 aromatic rings. The van der Waals surface area contributed by atoms with Crippen LogP contribution in [0.2, 0.25) is 0 Å². The van der Waals surface area contributed by atoms with E-state index in [0.717, 1.165) is 56.2 Å². The summed E-state index contributed by atoms with van der Waals surface area (Å²) in [6, 6.07) is 1.88. The molecule has 6 heteroatoms. The molecule has 1 aliphatic rings. The summed E-state index contributed by atoms with van der Waals surface area (Å²) in [5, 5.41) is 4.03. The number of hydrogen-bond donors (Lipinski definition) is 0. The Morgan fingerprint density at radius 1 is 1.22 bits per heavy atom. The molecule has 1 aliphatic heterocycles. The highest BCUT2D eigenvalue weighted by molar-refractivity contribution is 5.20. The molecule has 3 rings (SSSR count). The summed E-state index contributed by atoms with van der Waals surface area (Å²) in [6.07, 6.45) is 3.85. The molecule has 0 aliphatic carbocycles. The van der Waals surface area contributed by atoms with Crippen LogP contribution in [-0.4, -0.2) is 39.7 Å². The Morgan fingerprint density at radius 2 is 2.00 bits per heavy atom. The fraction of sp³-hybridized carbons (Fsp3) is 0.588. The second-order valence-corrected chi connectivity index (χ2v) is 6.33. The zero-order valence-electron chi connectivity index (χ0n) is 14.1. The summed E-state index contributed by atoms with van der Waals surface area (Å²) in [6.45, 7) is 9.77. The van der Waals surface area contributed by atoms with Crippen molar-refractivity contribution in [2.75, 3.05) is 19.7 Å². The maximum Gasteiger partial charge on any atom is 0.216 e. The third kappa shape index (κ3) is 4.07. The van der Waals surface area contributed by atoms with E-state index in [0.29, 0.717) is 11.8 Å². The first-order valence-electron chi connectivity index (χ1n) is 8.17. The van der Waals surface area contributed by atoms with Gasteiger partial charge in [-0.3, -0.25) is 4.90 Å². The van der Waals surface area contributed by atoms with E-state index in [-0.39, 0.29) is 0 Å². The number of ether oxygens (including phenoxy) is 1. The topological polar surface area (TPSA) is 64.3 Å². The molecule has 23 heavy (non-hydrogen) atoms. The minimum atomic E-state index is 0.589. The van der Waals surface area contributed by atoms with Crippen molar-refractivity contribution in [1.82, 2.24) is 20.0 Å². The first kappa shape index (κ1) is 15.9. The molecule has 0 saturated carbocycles. The van der Waals surface area contributed by atoms with E-state index in [1.165, 1.54) is 5.56 Å². The van der Waals surface area contributed by atoms with Gasteiger partial charge >= 0.3 is 0 Å². The molecule has 3 heterocycles. The number of rotatable bonds is 5. The number of aromatic nitrogens is 3. The number of likely N-dealkylation sites (tertiary alicyclic amines) is 1. The van der Waals surface area contributed by atoms with Gasteiger partial charge in [0.15, 0.2) is 0 Å². The Hall–Kier alpha value is -1.95. The lowest BCUT2D eigenvalue weighted by molar-refractivity contribution is 0.134. The molecular weight excluding hydrogens is 292 g/mol. The van der Waals surface area contributed by atoms with E-state index in [4.69, 9.17) is 9.26 Å². The van der Waals surface area contributed by atoms with Crippen molar-refractivity contribution in [3.05, 3.63) is 35.1 Å². The van der Waals surface area contributed by atoms with Crippen molar-refractivity contribution < 1.29 is 9.26 Å². The van der Waals surface area contributed by atoms with Crippen LogP contribution in [0.15, 0.2) is 16.9 Å². The SMILES string of the molecule is Cc1cc(OCC2CCN(Cc3c(C)noc3C)CC2)ncn1. The van der Waals surface area contributed by atoms with Crippen LogP contribution in [0.25, 0.3) is 0 Å². The second kappa shape index (κ2) is 7.08. The summed E-state index contributed by atoms with van der Waals surface area (Å²) in [7, 11) is 0. The molecule has 124 valence electrons. The molecule has 0 unspecified atom stereocenters. The van der Waals surface area contributed by atoms with Crippen molar-refractivity contribution in [1.29, 1.82) is 0 Å². The zero-order valence-corrected chi connectivity index (χ0v) is 14.1. The predicted molar refractivity (Wildman–Crippen MR) is 86.2 cm³/mol. The molecule has 0 aromatic carbocycles. The Labute approximate surface area is 136 Å². The van der Waals surface area contributed by atoms with E-state index in [2.05, 4.69) is 20.0 Å². The van der Waals surface area contributed by atoms with Gasteiger partial charge in [-0.2, -0.15) is 0 Å². The van der Waals surface area contributed by atoms with Crippen molar-refractivity contribution in [2.24, 2.45) is 5.92 Å². The lowest BCUT2D eigenvalue weighted by Crippen LogP contribution is -2.35. The van der Waals surface area contributed by atoms with Gasteiger partial charge in [0.05, 0.1) is 12.3 Å². The summed E-state index contributed by atoms with van der Waals surface area (Å²) >= 11 is 0. The number of hydrogen-bond acceptors (Lipinski definition) is 6. The number of piperidine rings is 1. The van der Waals surface area contributed by atoms with Crippen LogP contribution in [0, 0.1) is 26.7 Å². The normalized spacial score (nSPS) is 16.7. The molecular formula is C17H24N4O2. The quantitative estimate of drug-likeness (QED) is 0.845. The Balaban J connectivity index is 1.45. The van der Waals surface area contributed by atoms with Gasteiger partial charge in [-0.15, -0.1) is 0 Å². The van der Waals surface area contributed by atoms with Gasteiger partial charge in [0.1, 0.15) is 12.1 Å². The second-order valence-electron chi connectivity index (χ2n) is 6.33. The van der Waals surface area contributed by atoms with Crippen molar-refractivity contribution in [2.45, 2.75) is 40.2 Å². The molecule has 6 nitrogen and oxygen atoms in total. The lowest BCUT2D eigenvalue weighted by Gasteiger charge is -2.31. The Kier molecular flexibility index (Phi) is 4.91. The van der Waals surface area contributed by atoms with Crippen molar-refractivity contribution in [3.63, 3.8) is 0 Å². The van der Waals surface area contributed by atoms with Gasteiger partial charge in [0.2, 0.25) is 5.88 Å². The fourth-order valence-corrected chi connectivity index (χ4v) is 2.97. The minimum absolute atomic E-state index is 0.589. The molecule has 1 saturated heterocycles. The highest BCUT2D eigenvalue weighted by Crippen LogP contribution is 2.22. The first-order valence-corrected chi connectivity index (χ1v) is 8.17. The summed E-state index contributed by atoms with van der Waals surface area (Å²) in [5.41, 5.74) is 3.17. The van der Waals surface area contributed by atoms with Gasteiger partial charge < -0.3 is 9.26 Å². The molecule has 0 spiro atoms. The largest absolute Gasteiger partial charge is 0.477 e. The average Bonchev–Trinajstić information content (AvgIpc) is 2.86. The van der Waals surface area contributed by atoms with Crippen LogP contribution in [0.3, 0.4) is 0 Å². The van der Waals surface area contributed by atoms with Crippen LogP contribution < -0.4 is 4.74 Å². The molecule has 0 amide bonds. The Bertz CT molecular complexity index is 628. The predicted octanol–water partition coefficient (Wildman–Crippen LogP) is 2.68. The molecule has 1 fully saturated rings. The van der Waals surface area contributed by atoms with E-state index in [1.807, 2.05) is 26.8 Å². The maximum atomic E-state index is 5.81. The van der Waals surface area contributed by atoms with Crippen LogP contribution in [0.4, 0.5) is 0 Å². The monoisotopic (exact) mass is 316 g/mol. The number of aryl methyl sites for hydroxylation is 3. The fourth-order valence-electron chi connectivity index (χ4n) is 2.97. The standard InChI is InChI=1S/C17H24N4O2/c1-12-8-17(19-11-18-12)22-10-15-4-6-21(7-5-15)9-16-13(2)20-23-14(16)3/h8,11,15H,4-7,9-10H2,1-3H3. The lowest BCUT2D eigenvalue weighted by atomic mass is 9.97. The maximum absolute atomic E-state index is 5.81. The highest BCUT2D eigenvalue weighted by Gasteiger charge is 2.22. The van der Waals surface area contributed by atoms with Crippen LogP contribution >= 0.6 is 0 Å². The van der Waals surface area contributed by atoms with Gasteiger partial charge in [0.25, 0.3) is 0 Å². The summed E-state index contributed by atoms with van der Waals surface area (Å²) in [5.74, 6) is 2.20. The molecule has 0 bridgehead atoms. The molecule has 0 atom stereocenters. The molecule has 0 radical (unpaired) electrons. The Morgan fingerprint density at radius 3 is 2.65 bits per heavy atom. The average molecular weight is 316 g/mol. The molecule has 2 aromatic heterocycles. The van der Waals surface area contributed by atoms with Crippen LogP contribution in [0.1, 0.15) is 35.6 Å². The van der Waals surface area contributed by atoms with E-state index in [1.54, 1.807) is 6.33 Å². The van der Waals surface area contributed by atoms with E-state index in [9.17, 15) is 0 Å². The van der Waals surface area contributed by atoms with Gasteiger partial charge in [-0.1, -0.05) is 5.16 Å². The smallest absolute Gasteiger partial charge is 0.216 e. The molecule has 0 N–H and O–H groups in total. The van der Waals surface area contributed by atoms with Crippen molar-refractivity contribution in [3.8, 4) is 5.88 Å². The van der Waals surface area contributed by atoms with Gasteiger partial charge in [-0.05, 0) is 52.6 Å².